The normalized spacial score (nSPS) is 11.2. The van der Waals surface area contributed by atoms with Crippen LogP contribution in [0.5, 0.6) is 0 Å². The van der Waals surface area contributed by atoms with Gasteiger partial charge in [0.2, 0.25) is 5.91 Å². The molecule has 0 aliphatic heterocycles. The molecule has 0 rings (SSSR count). The van der Waals surface area contributed by atoms with E-state index in [1.807, 2.05) is 27.2 Å². The van der Waals surface area contributed by atoms with Crippen LogP contribution in [0.2, 0.25) is 0 Å². The smallest absolute Gasteiger partial charge is 0.234 e. The average molecular weight is 143 g/mol. The number of hydrogen-bond donors (Lipinski definition) is 2. The number of hydrogen-bond acceptors (Lipinski definition) is 2. The zero-order chi connectivity index (χ0) is 8.20. The van der Waals surface area contributed by atoms with Gasteiger partial charge in [0.15, 0.2) is 0 Å². The summed E-state index contributed by atoms with van der Waals surface area (Å²) >= 11 is 0. The number of hydrazine groups is 1. The Morgan fingerprint density at radius 1 is 1.60 bits per heavy atom. The summed E-state index contributed by atoms with van der Waals surface area (Å²) in [5.41, 5.74) is 2.16. The van der Waals surface area contributed by atoms with E-state index in [1.54, 1.807) is 0 Å². The van der Waals surface area contributed by atoms with Crippen LogP contribution < -0.4 is 11.3 Å². The molecule has 3 nitrogen and oxygen atoms in total. The van der Waals surface area contributed by atoms with Crippen LogP contribution in [-0.4, -0.2) is 5.91 Å². The molecule has 0 saturated carbocycles. The summed E-state index contributed by atoms with van der Waals surface area (Å²) in [6, 6.07) is 0. The van der Waals surface area contributed by atoms with Gasteiger partial charge in [-0.05, 0) is 11.8 Å². The molecule has 0 heterocycles. The Morgan fingerprint density at radius 3 is 2.40 bits per heavy atom. The average Bonchev–Trinajstić information content (AvgIpc) is 1.81. The fourth-order valence-corrected chi connectivity index (χ4v) is 0.458. The van der Waals surface area contributed by atoms with Gasteiger partial charge in [-0.25, -0.2) is 5.84 Å². The lowest BCUT2D eigenvalue weighted by atomic mass is 9.90. The topological polar surface area (TPSA) is 55.1 Å². The van der Waals surface area contributed by atoms with Crippen LogP contribution in [-0.2, 0) is 4.79 Å². The first-order valence-electron chi connectivity index (χ1n) is 3.29. The minimum Gasteiger partial charge on any atom is -0.294 e. The van der Waals surface area contributed by atoms with Crippen molar-refractivity contribution < 1.29 is 4.79 Å². The molecule has 0 spiro atoms. The molecular formula is C7H15N2O. The standard InChI is InChI=1S/C7H15N2O/c1-7(2,3)5-4-6(10)9-8/h5H,4,8H2,1-3H3,(H,9,10). The first-order valence-corrected chi connectivity index (χ1v) is 3.29. The number of amides is 1. The quantitative estimate of drug-likeness (QED) is 0.338. The van der Waals surface area contributed by atoms with Gasteiger partial charge in [0, 0.05) is 6.42 Å². The predicted molar refractivity (Wildman–Crippen MR) is 40.7 cm³/mol. The molecule has 0 bridgehead atoms. The molecule has 59 valence electrons. The molecule has 0 unspecified atom stereocenters. The molecule has 0 aromatic carbocycles. The van der Waals surface area contributed by atoms with Crippen molar-refractivity contribution in [2.45, 2.75) is 27.2 Å². The van der Waals surface area contributed by atoms with Crippen molar-refractivity contribution in [3.63, 3.8) is 0 Å². The second-order valence-corrected chi connectivity index (χ2v) is 3.34. The molecule has 0 aromatic rings. The van der Waals surface area contributed by atoms with Crippen LogP contribution in [0.25, 0.3) is 0 Å². The van der Waals surface area contributed by atoms with Gasteiger partial charge in [-0.3, -0.25) is 10.2 Å². The van der Waals surface area contributed by atoms with E-state index in [9.17, 15) is 4.79 Å². The third kappa shape index (κ3) is 5.56. The van der Waals surface area contributed by atoms with Crippen molar-refractivity contribution in [1.29, 1.82) is 0 Å². The fraction of sp³-hybridized carbons (Fsp3) is 0.714. The third-order valence-electron chi connectivity index (χ3n) is 1.06. The van der Waals surface area contributed by atoms with E-state index in [4.69, 9.17) is 5.84 Å². The highest BCUT2D eigenvalue weighted by atomic mass is 16.2. The number of nitrogens with one attached hydrogen (secondary N) is 1. The first-order chi connectivity index (χ1) is 4.45. The monoisotopic (exact) mass is 143 g/mol. The highest BCUT2D eigenvalue weighted by molar-refractivity contribution is 5.76. The Hall–Kier alpha value is -0.570. The third-order valence-corrected chi connectivity index (χ3v) is 1.06. The summed E-state index contributed by atoms with van der Waals surface area (Å²) in [7, 11) is 0. The molecule has 0 fully saturated rings. The molecule has 3 N–H and O–H groups in total. The van der Waals surface area contributed by atoms with Crippen molar-refractivity contribution in [1.82, 2.24) is 5.43 Å². The summed E-state index contributed by atoms with van der Waals surface area (Å²) in [4.78, 5) is 10.6. The molecule has 10 heavy (non-hydrogen) atoms. The van der Waals surface area contributed by atoms with E-state index < -0.39 is 0 Å². The molecule has 1 amide bonds. The van der Waals surface area contributed by atoms with Crippen LogP contribution in [0.4, 0.5) is 0 Å². The fourth-order valence-electron chi connectivity index (χ4n) is 0.458. The van der Waals surface area contributed by atoms with E-state index in [1.165, 1.54) is 0 Å². The van der Waals surface area contributed by atoms with E-state index in [2.05, 4.69) is 5.43 Å². The molecule has 1 radical (unpaired) electrons. The second kappa shape index (κ2) is 3.56. The summed E-state index contributed by atoms with van der Waals surface area (Å²) in [5.74, 6) is 4.74. The largest absolute Gasteiger partial charge is 0.294 e. The lowest BCUT2D eigenvalue weighted by molar-refractivity contribution is -0.120. The molecule has 3 heteroatoms. The van der Waals surface area contributed by atoms with Crippen molar-refractivity contribution in [3.05, 3.63) is 6.42 Å². The van der Waals surface area contributed by atoms with Crippen LogP contribution in [0.1, 0.15) is 27.2 Å². The minimum absolute atomic E-state index is 0.0898. The molecule has 0 aromatic heterocycles. The van der Waals surface area contributed by atoms with Crippen LogP contribution in [0, 0.1) is 11.8 Å². The van der Waals surface area contributed by atoms with Crippen molar-refractivity contribution in [2.24, 2.45) is 11.3 Å². The Morgan fingerprint density at radius 2 is 2.10 bits per heavy atom. The molecular weight excluding hydrogens is 128 g/mol. The number of carbonyl (C=O) groups excluding carboxylic acids is 1. The van der Waals surface area contributed by atoms with Crippen molar-refractivity contribution in [2.75, 3.05) is 0 Å². The van der Waals surface area contributed by atoms with Crippen LogP contribution in [0.3, 0.4) is 0 Å². The van der Waals surface area contributed by atoms with E-state index in [-0.39, 0.29) is 11.3 Å². The predicted octanol–water partition coefficient (Wildman–Crippen LogP) is 0.617. The van der Waals surface area contributed by atoms with Gasteiger partial charge < -0.3 is 0 Å². The summed E-state index contributed by atoms with van der Waals surface area (Å²) < 4.78 is 0. The van der Waals surface area contributed by atoms with Gasteiger partial charge in [0.1, 0.15) is 0 Å². The maximum absolute atomic E-state index is 10.6. The van der Waals surface area contributed by atoms with Crippen LogP contribution >= 0.6 is 0 Å². The SMILES string of the molecule is CC(C)(C)[CH]CC(=O)NN. The second-order valence-electron chi connectivity index (χ2n) is 3.34. The number of rotatable bonds is 2. The molecule has 0 saturated heterocycles. The van der Waals surface area contributed by atoms with Gasteiger partial charge in [-0.2, -0.15) is 0 Å². The summed E-state index contributed by atoms with van der Waals surface area (Å²) in [6.45, 7) is 6.12. The zero-order valence-electron chi connectivity index (χ0n) is 6.77. The Labute approximate surface area is 62.0 Å². The van der Waals surface area contributed by atoms with Gasteiger partial charge in [-0.1, -0.05) is 20.8 Å². The zero-order valence-corrected chi connectivity index (χ0v) is 6.77. The van der Waals surface area contributed by atoms with Gasteiger partial charge in [0.05, 0.1) is 0 Å². The maximum Gasteiger partial charge on any atom is 0.234 e. The lowest BCUT2D eigenvalue weighted by Crippen LogP contribution is -2.30. The summed E-state index contributed by atoms with van der Waals surface area (Å²) in [6.07, 6.45) is 2.31. The molecule has 0 atom stereocenters. The highest BCUT2D eigenvalue weighted by Gasteiger charge is 2.11. The maximum atomic E-state index is 10.6. The minimum atomic E-state index is -0.144. The Bertz CT molecular complexity index is 115. The lowest BCUT2D eigenvalue weighted by Gasteiger charge is -2.15. The molecule has 0 aliphatic rings. The van der Waals surface area contributed by atoms with E-state index in [0.29, 0.717) is 6.42 Å². The van der Waals surface area contributed by atoms with E-state index in [0.717, 1.165) is 0 Å². The van der Waals surface area contributed by atoms with Crippen molar-refractivity contribution in [3.8, 4) is 0 Å². The Balaban J connectivity index is 3.46. The van der Waals surface area contributed by atoms with Crippen LogP contribution in [0.15, 0.2) is 0 Å². The van der Waals surface area contributed by atoms with Crippen molar-refractivity contribution >= 4 is 5.91 Å². The van der Waals surface area contributed by atoms with Gasteiger partial charge in [-0.15, -0.1) is 0 Å². The van der Waals surface area contributed by atoms with Gasteiger partial charge in [0.25, 0.3) is 0 Å². The highest BCUT2D eigenvalue weighted by Crippen LogP contribution is 2.18. The first kappa shape index (κ1) is 9.43. The number of nitrogens with two attached hydrogens (primary N) is 1. The number of carbonyl (C=O) groups is 1. The Kier molecular flexibility index (Phi) is 3.36. The summed E-state index contributed by atoms with van der Waals surface area (Å²) in [5, 5.41) is 0. The molecule has 0 aliphatic carbocycles. The van der Waals surface area contributed by atoms with E-state index >= 15 is 0 Å². The van der Waals surface area contributed by atoms with Gasteiger partial charge >= 0.3 is 0 Å².